The minimum absolute atomic E-state index is 0.148. The highest BCUT2D eigenvalue weighted by Crippen LogP contribution is 2.28. The number of ether oxygens (including phenoxy) is 2. The Labute approximate surface area is 187 Å². The number of benzene rings is 2. The maximum atomic E-state index is 12.5. The van der Waals surface area contributed by atoms with Crippen molar-refractivity contribution in [2.45, 2.75) is 30.6 Å². The normalized spacial score (nSPS) is 14.1. The fraction of sp³-hybridized carbons (Fsp3) is 0.364. The van der Waals surface area contributed by atoms with Crippen molar-refractivity contribution >= 4 is 21.8 Å². The van der Waals surface area contributed by atoms with E-state index in [0.717, 1.165) is 18.4 Å². The zero-order valence-electron chi connectivity index (χ0n) is 18.1. The summed E-state index contributed by atoms with van der Waals surface area (Å²) in [6.07, 6.45) is 2.31. The molecule has 0 atom stereocenters. The predicted molar refractivity (Wildman–Crippen MR) is 118 cm³/mol. The summed E-state index contributed by atoms with van der Waals surface area (Å²) in [6, 6.07) is 11.1. The minimum Gasteiger partial charge on any atom is -0.493 e. The molecular formula is C22H27N3O6S. The first-order chi connectivity index (χ1) is 15.3. The molecule has 1 aliphatic heterocycles. The van der Waals surface area contributed by atoms with Crippen molar-refractivity contribution in [1.29, 1.82) is 0 Å². The highest BCUT2D eigenvalue weighted by atomic mass is 32.2. The molecule has 0 unspecified atom stereocenters. The van der Waals surface area contributed by atoms with E-state index in [1.54, 1.807) is 19.2 Å². The Morgan fingerprint density at radius 1 is 0.938 bits per heavy atom. The van der Waals surface area contributed by atoms with Gasteiger partial charge in [-0.2, -0.15) is 4.31 Å². The fourth-order valence-corrected chi connectivity index (χ4v) is 4.93. The highest BCUT2D eigenvalue weighted by molar-refractivity contribution is 7.89. The predicted octanol–water partition coefficient (Wildman–Crippen LogP) is 1.88. The lowest BCUT2D eigenvalue weighted by Gasteiger charge is -2.15. The third kappa shape index (κ3) is 5.57. The van der Waals surface area contributed by atoms with E-state index in [2.05, 4.69) is 10.9 Å². The summed E-state index contributed by atoms with van der Waals surface area (Å²) in [5.41, 5.74) is 5.85. The van der Waals surface area contributed by atoms with Gasteiger partial charge in [0, 0.05) is 25.1 Å². The molecule has 0 aromatic heterocycles. The molecule has 2 aromatic carbocycles. The number of nitrogens with zero attached hydrogens (tertiary/aromatic N) is 1. The van der Waals surface area contributed by atoms with Crippen LogP contribution in [-0.4, -0.2) is 51.8 Å². The summed E-state index contributed by atoms with van der Waals surface area (Å²) < 4.78 is 37.0. The number of hydrazine groups is 1. The van der Waals surface area contributed by atoms with E-state index in [0.29, 0.717) is 31.0 Å². The molecule has 9 nitrogen and oxygen atoms in total. The van der Waals surface area contributed by atoms with Crippen LogP contribution >= 0.6 is 0 Å². The average molecular weight is 462 g/mol. The third-order valence-corrected chi connectivity index (χ3v) is 7.14. The van der Waals surface area contributed by atoms with Gasteiger partial charge in [-0.3, -0.25) is 20.4 Å². The van der Waals surface area contributed by atoms with Gasteiger partial charge in [0.2, 0.25) is 15.9 Å². The molecule has 172 valence electrons. The zero-order valence-corrected chi connectivity index (χ0v) is 18.9. The number of nitrogens with one attached hydrogen (secondary N) is 2. The Bertz CT molecular complexity index is 1060. The summed E-state index contributed by atoms with van der Waals surface area (Å²) in [7, 11) is -0.446. The van der Waals surface area contributed by atoms with Crippen LogP contribution < -0.4 is 20.3 Å². The van der Waals surface area contributed by atoms with Crippen LogP contribution in [0, 0.1) is 0 Å². The first kappa shape index (κ1) is 23.6. The Hall–Kier alpha value is -3.11. The van der Waals surface area contributed by atoms with E-state index in [9.17, 15) is 18.0 Å². The Balaban J connectivity index is 1.50. The molecule has 2 N–H and O–H groups in total. The monoisotopic (exact) mass is 461 g/mol. The summed E-state index contributed by atoms with van der Waals surface area (Å²) >= 11 is 0. The van der Waals surface area contributed by atoms with Gasteiger partial charge >= 0.3 is 0 Å². The maximum Gasteiger partial charge on any atom is 0.269 e. The summed E-state index contributed by atoms with van der Waals surface area (Å²) in [5.74, 6) is 0.289. The molecular weight excluding hydrogens is 434 g/mol. The van der Waals surface area contributed by atoms with E-state index < -0.39 is 15.9 Å². The number of sulfonamides is 1. The van der Waals surface area contributed by atoms with Crippen molar-refractivity contribution in [3.63, 3.8) is 0 Å². The molecule has 0 aliphatic carbocycles. The lowest BCUT2D eigenvalue weighted by molar-refractivity contribution is -0.121. The lowest BCUT2D eigenvalue weighted by atomic mass is 10.1. The first-order valence-electron chi connectivity index (χ1n) is 10.3. The number of amides is 2. The van der Waals surface area contributed by atoms with Crippen LogP contribution in [0.2, 0.25) is 0 Å². The van der Waals surface area contributed by atoms with E-state index in [4.69, 9.17) is 9.47 Å². The number of methoxy groups -OCH3 is 2. The molecule has 0 saturated carbocycles. The quantitative estimate of drug-likeness (QED) is 0.581. The second-order valence-corrected chi connectivity index (χ2v) is 9.27. The van der Waals surface area contributed by atoms with Crippen LogP contribution in [0.15, 0.2) is 47.4 Å². The zero-order chi connectivity index (χ0) is 23.1. The fourth-order valence-electron chi connectivity index (χ4n) is 3.41. The van der Waals surface area contributed by atoms with Crippen molar-refractivity contribution in [1.82, 2.24) is 15.2 Å². The molecule has 1 fully saturated rings. The molecule has 3 rings (SSSR count). The summed E-state index contributed by atoms with van der Waals surface area (Å²) in [4.78, 5) is 24.5. The lowest BCUT2D eigenvalue weighted by Crippen LogP contribution is -2.41. The second-order valence-electron chi connectivity index (χ2n) is 7.33. The van der Waals surface area contributed by atoms with Gasteiger partial charge in [0.05, 0.1) is 19.1 Å². The van der Waals surface area contributed by atoms with Crippen molar-refractivity contribution in [3.8, 4) is 11.5 Å². The van der Waals surface area contributed by atoms with Gasteiger partial charge < -0.3 is 9.47 Å². The Morgan fingerprint density at radius 3 is 2.22 bits per heavy atom. The van der Waals surface area contributed by atoms with Crippen LogP contribution in [-0.2, 0) is 21.2 Å². The molecule has 0 spiro atoms. The van der Waals surface area contributed by atoms with Crippen LogP contribution in [0.25, 0.3) is 0 Å². The molecule has 2 amide bonds. The van der Waals surface area contributed by atoms with E-state index in [1.807, 2.05) is 6.07 Å². The van der Waals surface area contributed by atoms with Crippen molar-refractivity contribution in [2.75, 3.05) is 27.3 Å². The van der Waals surface area contributed by atoms with Gasteiger partial charge in [0.25, 0.3) is 5.91 Å². The maximum absolute atomic E-state index is 12.5. The molecule has 0 bridgehead atoms. The van der Waals surface area contributed by atoms with E-state index >= 15 is 0 Å². The van der Waals surface area contributed by atoms with Gasteiger partial charge in [-0.25, -0.2) is 8.42 Å². The highest BCUT2D eigenvalue weighted by Gasteiger charge is 2.27. The standard InChI is InChI=1S/C22H27N3O6S/c1-30-19-11-5-16(15-20(19)31-2)6-12-21(26)23-24-22(27)17-7-9-18(10-8-17)32(28,29)25-13-3-4-14-25/h5,7-11,15H,3-4,6,12-14H2,1-2H3,(H,23,26)(H,24,27). The van der Waals surface area contributed by atoms with Gasteiger partial charge in [0.15, 0.2) is 11.5 Å². The molecule has 0 radical (unpaired) electrons. The van der Waals surface area contributed by atoms with Gasteiger partial charge in [0.1, 0.15) is 0 Å². The number of hydrogen-bond donors (Lipinski definition) is 2. The number of carbonyl (C=O) groups is 2. The van der Waals surface area contributed by atoms with Crippen LogP contribution in [0.1, 0.15) is 35.2 Å². The van der Waals surface area contributed by atoms with Crippen LogP contribution in [0.5, 0.6) is 11.5 Å². The molecule has 2 aromatic rings. The average Bonchev–Trinajstić information content (AvgIpc) is 3.37. The number of rotatable bonds is 8. The molecule has 1 heterocycles. The van der Waals surface area contributed by atoms with Crippen LogP contribution in [0.4, 0.5) is 0 Å². The minimum atomic E-state index is -3.54. The topological polar surface area (TPSA) is 114 Å². The second kappa shape index (κ2) is 10.5. The third-order valence-electron chi connectivity index (χ3n) is 5.22. The summed E-state index contributed by atoms with van der Waals surface area (Å²) in [5, 5.41) is 0. The SMILES string of the molecule is COc1ccc(CCC(=O)NNC(=O)c2ccc(S(=O)(=O)N3CCCC3)cc2)cc1OC. The molecule has 32 heavy (non-hydrogen) atoms. The molecule has 10 heteroatoms. The number of hydrogen-bond acceptors (Lipinski definition) is 6. The smallest absolute Gasteiger partial charge is 0.269 e. The van der Waals surface area contributed by atoms with E-state index in [1.165, 1.54) is 35.7 Å². The largest absolute Gasteiger partial charge is 0.493 e. The van der Waals surface area contributed by atoms with Crippen LogP contribution in [0.3, 0.4) is 0 Å². The Kier molecular flexibility index (Phi) is 7.70. The van der Waals surface area contributed by atoms with Gasteiger partial charge in [-0.1, -0.05) is 6.07 Å². The van der Waals surface area contributed by atoms with Crippen molar-refractivity contribution in [3.05, 3.63) is 53.6 Å². The number of carbonyl (C=O) groups excluding carboxylic acids is 2. The van der Waals surface area contributed by atoms with Gasteiger partial charge in [-0.05, 0) is 61.2 Å². The first-order valence-corrected chi connectivity index (χ1v) is 11.7. The van der Waals surface area contributed by atoms with Gasteiger partial charge in [-0.15, -0.1) is 0 Å². The van der Waals surface area contributed by atoms with Crippen molar-refractivity contribution in [2.24, 2.45) is 0 Å². The van der Waals surface area contributed by atoms with Crippen molar-refractivity contribution < 1.29 is 27.5 Å². The Morgan fingerprint density at radius 2 is 1.59 bits per heavy atom. The number of aryl methyl sites for hydroxylation is 1. The molecule has 1 aliphatic rings. The molecule has 1 saturated heterocycles. The van der Waals surface area contributed by atoms with E-state index in [-0.39, 0.29) is 22.8 Å². The summed E-state index contributed by atoms with van der Waals surface area (Å²) in [6.45, 7) is 1.03.